The number of allylic oxidation sites excluding steroid dienone is 2. The van der Waals surface area contributed by atoms with Gasteiger partial charge in [-0.05, 0) is 0 Å². The number of rotatable bonds is 1. The maximum atomic E-state index is 9.19. The molecule has 2 unspecified atom stereocenters. The molecule has 0 amide bonds. The third kappa shape index (κ3) is 1.40. The summed E-state index contributed by atoms with van der Waals surface area (Å²) in [5.74, 6) is 0. The minimum absolute atomic E-state index is 0.139. The van der Waals surface area contributed by atoms with Crippen molar-refractivity contribution in [2.75, 3.05) is 13.2 Å². The molecule has 3 aliphatic rings. The lowest BCUT2D eigenvalue weighted by Gasteiger charge is -2.28. The van der Waals surface area contributed by atoms with E-state index in [9.17, 15) is 5.11 Å². The number of ether oxygens (including phenoxy) is 3. The van der Waals surface area contributed by atoms with E-state index in [0.29, 0.717) is 13.2 Å². The lowest BCUT2D eigenvalue weighted by molar-refractivity contribution is -0.199. The standard InChI is InChI=1S/C10H12O4/c11-6-4-12-10(13-5-6)7-2-1-3-8-9(7)14-8/h1-3,6,8-11H,4-5H2. The van der Waals surface area contributed by atoms with Crippen LogP contribution >= 0.6 is 0 Å². The highest BCUT2D eigenvalue weighted by atomic mass is 16.7. The van der Waals surface area contributed by atoms with Gasteiger partial charge in [0, 0.05) is 5.57 Å². The Morgan fingerprint density at radius 2 is 2.07 bits per heavy atom. The molecule has 0 aromatic heterocycles. The molecule has 0 aromatic carbocycles. The number of fused-ring (bicyclic) bond motifs is 1. The first kappa shape index (κ1) is 8.61. The molecule has 3 rings (SSSR count). The van der Waals surface area contributed by atoms with Crippen molar-refractivity contribution >= 4 is 0 Å². The topological polar surface area (TPSA) is 51.2 Å². The molecule has 1 aliphatic carbocycles. The van der Waals surface area contributed by atoms with Gasteiger partial charge in [0.1, 0.15) is 18.3 Å². The summed E-state index contributed by atoms with van der Waals surface area (Å²) in [6.07, 6.45) is 5.47. The zero-order valence-corrected chi connectivity index (χ0v) is 7.63. The van der Waals surface area contributed by atoms with E-state index in [1.165, 1.54) is 0 Å². The second kappa shape index (κ2) is 3.17. The molecule has 2 saturated heterocycles. The van der Waals surface area contributed by atoms with E-state index in [1.54, 1.807) is 0 Å². The van der Waals surface area contributed by atoms with Crippen molar-refractivity contribution < 1.29 is 19.3 Å². The highest BCUT2D eigenvalue weighted by Gasteiger charge is 2.45. The summed E-state index contributed by atoms with van der Waals surface area (Å²) in [6.45, 7) is 0.673. The van der Waals surface area contributed by atoms with Gasteiger partial charge in [0.15, 0.2) is 6.29 Å². The minimum atomic E-state index is -0.498. The molecular formula is C10H12O4. The Kier molecular flexibility index (Phi) is 1.95. The van der Waals surface area contributed by atoms with Crippen LogP contribution in [0.25, 0.3) is 0 Å². The predicted molar refractivity (Wildman–Crippen MR) is 47.6 cm³/mol. The lowest BCUT2D eigenvalue weighted by Crippen LogP contribution is -2.37. The van der Waals surface area contributed by atoms with Crippen LogP contribution < -0.4 is 0 Å². The van der Waals surface area contributed by atoms with Gasteiger partial charge in [-0.2, -0.15) is 0 Å². The summed E-state index contributed by atoms with van der Waals surface area (Å²) in [5, 5.41) is 9.19. The molecule has 2 aliphatic heterocycles. The molecule has 14 heavy (non-hydrogen) atoms. The maximum absolute atomic E-state index is 9.19. The van der Waals surface area contributed by atoms with Gasteiger partial charge in [0.2, 0.25) is 0 Å². The predicted octanol–water partition coefficient (Wildman–Crippen LogP) is -0.0162. The van der Waals surface area contributed by atoms with E-state index in [0.717, 1.165) is 5.57 Å². The summed E-state index contributed by atoms with van der Waals surface area (Å²) in [5.41, 5.74) is 1.03. The Morgan fingerprint density at radius 3 is 2.86 bits per heavy atom. The third-order valence-corrected chi connectivity index (χ3v) is 2.60. The second-order valence-electron chi connectivity index (χ2n) is 3.73. The Hall–Kier alpha value is -0.680. The average molecular weight is 196 g/mol. The summed E-state index contributed by atoms with van der Waals surface area (Å²) in [4.78, 5) is 0. The van der Waals surface area contributed by atoms with Crippen LogP contribution in [0.1, 0.15) is 0 Å². The van der Waals surface area contributed by atoms with Crippen LogP contribution in [0.3, 0.4) is 0 Å². The van der Waals surface area contributed by atoms with Crippen molar-refractivity contribution in [3.8, 4) is 0 Å². The SMILES string of the molecule is OC1COC(C2=CC=CC3OC23)OC1. The maximum Gasteiger partial charge on any atom is 0.182 e. The van der Waals surface area contributed by atoms with Gasteiger partial charge in [0.05, 0.1) is 13.2 Å². The van der Waals surface area contributed by atoms with Crippen LogP contribution in [-0.4, -0.2) is 42.9 Å². The van der Waals surface area contributed by atoms with Gasteiger partial charge in [-0.25, -0.2) is 0 Å². The van der Waals surface area contributed by atoms with Crippen molar-refractivity contribution in [3.05, 3.63) is 23.8 Å². The number of aliphatic hydroxyl groups is 1. The largest absolute Gasteiger partial charge is 0.388 e. The first-order chi connectivity index (χ1) is 6.84. The Balaban J connectivity index is 1.70. The minimum Gasteiger partial charge on any atom is -0.388 e. The van der Waals surface area contributed by atoms with Crippen LogP contribution in [0, 0.1) is 0 Å². The summed E-state index contributed by atoms with van der Waals surface area (Å²) >= 11 is 0. The highest BCUT2D eigenvalue weighted by molar-refractivity contribution is 5.33. The highest BCUT2D eigenvalue weighted by Crippen LogP contribution is 2.36. The molecule has 2 atom stereocenters. The van der Waals surface area contributed by atoms with Gasteiger partial charge >= 0.3 is 0 Å². The van der Waals surface area contributed by atoms with Crippen molar-refractivity contribution in [1.29, 1.82) is 0 Å². The summed E-state index contributed by atoms with van der Waals surface area (Å²) in [7, 11) is 0. The van der Waals surface area contributed by atoms with Gasteiger partial charge in [0.25, 0.3) is 0 Å². The van der Waals surface area contributed by atoms with E-state index in [4.69, 9.17) is 14.2 Å². The van der Waals surface area contributed by atoms with Crippen molar-refractivity contribution in [2.45, 2.75) is 24.6 Å². The molecule has 4 nitrogen and oxygen atoms in total. The lowest BCUT2D eigenvalue weighted by atomic mass is 10.0. The summed E-state index contributed by atoms with van der Waals surface area (Å²) < 4.78 is 16.1. The van der Waals surface area contributed by atoms with E-state index in [2.05, 4.69) is 0 Å². The fourth-order valence-electron chi connectivity index (χ4n) is 1.81. The number of aliphatic hydroxyl groups excluding tert-OH is 1. The normalized spacial score (nSPS) is 45.6. The number of hydrogen-bond acceptors (Lipinski definition) is 4. The van der Waals surface area contributed by atoms with Crippen LogP contribution in [0.5, 0.6) is 0 Å². The zero-order chi connectivity index (χ0) is 9.54. The quantitative estimate of drug-likeness (QED) is 0.599. The fraction of sp³-hybridized carbons (Fsp3) is 0.600. The molecule has 0 radical (unpaired) electrons. The third-order valence-electron chi connectivity index (χ3n) is 2.60. The fourth-order valence-corrected chi connectivity index (χ4v) is 1.81. The molecule has 4 heteroatoms. The molecule has 0 bridgehead atoms. The van der Waals surface area contributed by atoms with Crippen LogP contribution in [-0.2, 0) is 14.2 Å². The van der Waals surface area contributed by atoms with Crippen molar-refractivity contribution in [2.24, 2.45) is 0 Å². The monoisotopic (exact) mass is 196 g/mol. The first-order valence-corrected chi connectivity index (χ1v) is 4.79. The number of hydrogen-bond donors (Lipinski definition) is 1. The van der Waals surface area contributed by atoms with Crippen LogP contribution in [0.2, 0.25) is 0 Å². The Morgan fingerprint density at radius 1 is 1.29 bits per heavy atom. The van der Waals surface area contributed by atoms with Gasteiger partial charge < -0.3 is 19.3 Å². The smallest absolute Gasteiger partial charge is 0.182 e. The molecule has 2 heterocycles. The summed E-state index contributed by atoms with van der Waals surface area (Å²) in [6, 6.07) is 0. The average Bonchev–Trinajstić information content (AvgIpc) is 2.97. The molecule has 0 spiro atoms. The second-order valence-corrected chi connectivity index (χ2v) is 3.73. The molecule has 1 N–H and O–H groups in total. The van der Waals surface area contributed by atoms with E-state index < -0.39 is 6.10 Å². The molecule has 2 fully saturated rings. The van der Waals surface area contributed by atoms with Crippen molar-refractivity contribution in [1.82, 2.24) is 0 Å². The zero-order valence-electron chi connectivity index (χ0n) is 7.63. The molecule has 76 valence electrons. The van der Waals surface area contributed by atoms with Crippen LogP contribution in [0.15, 0.2) is 23.8 Å². The van der Waals surface area contributed by atoms with E-state index in [1.807, 2.05) is 18.2 Å². The van der Waals surface area contributed by atoms with Gasteiger partial charge in [-0.15, -0.1) is 0 Å². The van der Waals surface area contributed by atoms with E-state index in [-0.39, 0.29) is 18.5 Å². The Labute approximate surface area is 81.8 Å². The van der Waals surface area contributed by atoms with Crippen molar-refractivity contribution in [3.63, 3.8) is 0 Å². The molecule has 0 saturated carbocycles. The molecule has 0 aromatic rings. The first-order valence-electron chi connectivity index (χ1n) is 4.79. The van der Waals surface area contributed by atoms with E-state index >= 15 is 0 Å². The van der Waals surface area contributed by atoms with Crippen LogP contribution in [0.4, 0.5) is 0 Å². The van der Waals surface area contributed by atoms with Gasteiger partial charge in [-0.3, -0.25) is 0 Å². The number of epoxide rings is 1. The Bertz CT molecular complexity index is 288. The molecular weight excluding hydrogens is 184 g/mol. The van der Waals surface area contributed by atoms with Gasteiger partial charge in [-0.1, -0.05) is 18.2 Å².